The van der Waals surface area contributed by atoms with Gasteiger partial charge in [0, 0.05) is 0 Å². The van der Waals surface area contributed by atoms with Crippen LogP contribution in [0.25, 0.3) is 0 Å². The van der Waals surface area contributed by atoms with Gasteiger partial charge < -0.3 is 14.0 Å². The van der Waals surface area contributed by atoms with Crippen LogP contribution in [0.5, 0.6) is 0 Å². The number of imide groups is 1. The lowest BCUT2D eigenvalue weighted by Crippen LogP contribution is -2.34. The summed E-state index contributed by atoms with van der Waals surface area (Å²) in [6.07, 6.45) is -0.877. The third kappa shape index (κ3) is 6.74. The lowest BCUT2D eigenvalue weighted by Gasteiger charge is -2.08. The number of carbonyl (C=O) groups excluding carboxylic acids is 3. The Balaban J connectivity index is 1.82. The topological polar surface area (TPSA) is 112 Å². The van der Waals surface area contributed by atoms with Crippen molar-refractivity contribution in [2.75, 3.05) is 19.0 Å². The van der Waals surface area contributed by atoms with Gasteiger partial charge in [-0.2, -0.15) is 0 Å². The minimum Gasteiger partial charge on any atom is -0.455 e. The minimum atomic E-state index is -0.877. The number of nitrogens with zero attached hydrogens (tertiary/aromatic N) is 3. The molecule has 144 valence electrons. The average Bonchev–Trinajstić information content (AvgIpc) is 2.99. The molecule has 1 aromatic carbocycles. The molecule has 0 unspecified atom stereocenters. The van der Waals surface area contributed by atoms with E-state index in [4.69, 9.17) is 4.74 Å². The van der Waals surface area contributed by atoms with E-state index in [1.165, 1.54) is 0 Å². The van der Waals surface area contributed by atoms with Gasteiger partial charge in [-0.05, 0) is 19.4 Å². The van der Waals surface area contributed by atoms with Gasteiger partial charge in [0.1, 0.15) is 5.82 Å². The van der Waals surface area contributed by atoms with Crippen LogP contribution in [0.15, 0.2) is 35.5 Å². The van der Waals surface area contributed by atoms with Crippen LogP contribution in [0, 0.1) is 6.92 Å². The van der Waals surface area contributed by atoms with Crippen LogP contribution in [-0.2, 0) is 25.6 Å². The average molecular weight is 392 g/mol. The van der Waals surface area contributed by atoms with Crippen LogP contribution in [0.3, 0.4) is 0 Å². The number of rotatable bonds is 8. The lowest BCUT2D eigenvalue weighted by atomic mass is 10.2. The quantitative estimate of drug-likeness (QED) is 0.532. The fourth-order valence-electron chi connectivity index (χ4n) is 2.04. The van der Waals surface area contributed by atoms with Gasteiger partial charge in [0.25, 0.3) is 5.91 Å². The fraction of sp³-hybridized carbons (Fsp3) is 0.353. The Morgan fingerprint density at radius 2 is 1.89 bits per heavy atom. The van der Waals surface area contributed by atoms with E-state index in [9.17, 15) is 14.4 Å². The maximum absolute atomic E-state index is 11.8. The van der Waals surface area contributed by atoms with Crippen molar-refractivity contribution in [1.82, 2.24) is 20.1 Å². The Labute approximate surface area is 160 Å². The summed E-state index contributed by atoms with van der Waals surface area (Å²) >= 11 is 1.16. The van der Waals surface area contributed by atoms with Gasteiger partial charge in [-0.15, -0.1) is 10.2 Å². The molecular weight excluding hydrogens is 372 g/mol. The predicted octanol–water partition coefficient (Wildman–Crippen LogP) is 1.54. The van der Waals surface area contributed by atoms with E-state index in [1.54, 1.807) is 6.92 Å². The highest BCUT2D eigenvalue weighted by Gasteiger charge is 2.15. The molecule has 0 radical (unpaired) electrons. The van der Waals surface area contributed by atoms with E-state index >= 15 is 0 Å². The first-order valence-electron chi connectivity index (χ1n) is 8.18. The molecule has 0 aliphatic heterocycles. The van der Waals surface area contributed by atoms with Crippen molar-refractivity contribution < 1.29 is 23.9 Å². The Bertz CT molecular complexity index is 794. The van der Waals surface area contributed by atoms with Crippen molar-refractivity contribution in [3.63, 3.8) is 0 Å². The largest absolute Gasteiger partial charge is 0.455 e. The third-order valence-electron chi connectivity index (χ3n) is 3.29. The highest BCUT2D eigenvalue weighted by molar-refractivity contribution is 7.99. The van der Waals surface area contributed by atoms with E-state index in [1.807, 2.05) is 47.1 Å². The second-order valence-corrected chi connectivity index (χ2v) is 6.26. The summed E-state index contributed by atoms with van der Waals surface area (Å²) in [5, 5.41) is 10.6. The van der Waals surface area contributed by atoms with E-state index in [2.05, 4.69) is 14.9 Å². The van der Waals surface area contributed by atoms with Crippen molar-refractivity contribution in [2.24, 2.45) is 0 Å². The summed E-state index contributed by atoms with van der Waals surface area (Å²) in [4.78, 5) is 34.3. The molecule has 0 aliphatic rings. The zero-order valence-corrected chi connectivity index (χ0v) is 15.8. The number of hydrogen-bond acceptors (Lipinski definition) is 8. The molecule has 0 fully saturated rings. The minimum absolute atomic E-state index is 0.0421. The number of esters is 1. The molecule has 0 spiro atoms. The smallest absolute Gasteiger partial charge is 0.413 e. The number of hydrogen-bond donors (Lipinski definition) is 1. The molecule has 2 rings (SSSR count). The van der Waals surface area contributed by atoms with Gasteiger partial charge >= 0.3 is 12.1 Å². The monoisotopic (exact) mass is 392 g/mol. The molecule has 10 heteroatoms. The van der Waals surface area contributed by atoms with Gasteiger partial charge in [0.2, 0.25) is 0 Å². The van der Waals surface area contributed by atoms with Crippen LogP contribution in [0.1, 0.15) is 18.3 Å². The van der Waals surface area contributed by atoms with Crippen molar-refractivity contribution in [3.8, 4) is 0 Å². The first kappa shape index (κ1) is 20.4. The molecule has 1 aromatic heterocycles. The molecule has 0 bridgehead atoms. The molecule has 2 amide bonds. The molecular formula is C17H20N4O5S. The molecule has 1 heterocycles. The molecule has 0 saturated carbocycles. The number of nitrogens with one attached hydrogen (secondary N) is 1. The van der Waals surface area contributed by atoms with Crippen LogP contribution in [0.4, 0.5) is 4.79 Å². The third-order valence-corrected chi connectivity index (χ3v) is 4.23. The molecule has 9 nitrogen and oxygen atoms in total. The highest BCUT2D eigenvalue weighted by atomic mass is 32.2. The molecule has 27 heavy (non-hydrogen) atoms. The molecule has 1 N–H and O–H groups in total. The Morgan fingerprint density at radius 1 is 1.15 bits per heavy atom. The summed E-state index contributed by atoms with van der Waals surface area (Å²) in [6.45, 7) is 3.60. The normalized spacial score (nSPS) is 10.3. The number of aryl methyl sites for hydroxylation is 1. The molecule has 0 saturated heterocycles. The summed E-state index contributed by atoms with van der Waals surface area (Å²) in [5.41, 5.74) is 1.08. The summed E-state index contributed by atoms with van der Waals surface area (Å²) < 4.78 is 11.3. The van der Waals surface area contributed by atoms with Crippen molar-refractivity contribution in [3.05, 3.63) is 41.7 Å². The first-order chi connectivity index (χ1) is 13.0. The Kier molecular flexibility index (Phi) is 7.80. The maximum Gasteiger partial charge on any atom is 0.413 e. The molecule has 2 aromatic rings. The van der Waals surface area contributed by atoms with Gasteiger partial charge in [-0.3, -0.25) is 14.9 Å². The number of carbonyl (C=O) groups is 3. The second-order valence-electron chi connectivity index (χ2n) is 5.32. The van der Waals surface area contributed by atoms with Crippen LogP contribution in [0.2, 0.25) is 0 Å². The Hall–Kier alpha value is -2.88. The highest BCUT2D eigenvalue weighted by Crippen LogP contribution is 2.18. The van der Waals surface area contributed by atoms with Crippen LogP contribution < -0.4 is 5.32 Å². The first-order valence-corrected chi connectivity index (χ1v) is 9.17. The zero-order chi connectivity index (χ0) is 19.6. The van der Waals surface area contributed by atoms with E-state index < -0.39 is 24.6 Å². The SMILES string of the molecule is CCOC(=O)NC(=O)COC(=O)CSc1nnc(C)n1Cc1ccccc1. The van der Waals surface area contributed by atoms with Crippen LogP contribution >= 0.6 is 11.8 Å². The molecule has 0 atom stereocenters. The van der Waals surface area contributed by atoms with E-state index in [0.717, 1.165) is 23.1 Å². The van der Waals surface area contributed by atoms with E-state index in [0.29, 0.717) is 11.7 Å². The number of alkyl carbamates (subject to hydrolysis) is 1. The van der Waals surface area contributed by atoms with Crippen molar-refractivity contribution >= 4 is 29.7 Å². The lowest BCUT2D eigenvalue weighted by molar-refractivity contribution is -0.145. The number of aromatic nitrogens is 3. The predicted molar refractivity (Wildman–Crippen MR) is 97.2 cm³/mol. The van der Waals surface area contributed by atoms with Gasteiger partial charge in [0.15, 0.2) is 11.8 Å². The maximum atomic E-state index is 11.8. The summed E-state index contributed by atoms with van der Waals surface area (Å²) in [6, 6.07) is 9.81. The van der Waals surface area contributed by atoms with Gasteiger partial charge in [0.05, 0.1) is 18.9 Å². The zero-order valence-electron chi connectivity index (χ0n) is 15.0. The second kappa shape index (κ2) is 10.3. The summed E-state index contributed by atoms with van der Waals surface area (Å²) in [5.74, 6) is -0.677. The standard InChI is InChI=1S/C17H20N4O5S/c1-3-25-17(24)18-14(22)10-26-15(23)11-27-16-20-19-12(2)21(16)9-13-7-5-4-6-8-13/h4-8H,3,9-11H2,1-2H3,(H,18,22,24). The molecule has 0 aliphatic carbocycles. The van der Waals surface area contributed by atoms with Crippen molar-refractivity contribution in [2.45, 2.75) is 25.5 Å². The Morgan fingerprint density at radius 3 is 2.59 bits per heavy atom. The van der Waals surface area contributed by atoms with Gasteiger partial charge in [-0.25, -0.2) is 4.79 Å². The van der Waals surface area contributed by atoms with Gasteiger partial charge in [-0.1, -0.05) is 42.1 Å². The number of benzene rings is 1. The van der Waals surface area contributed by atoms with Crippen molar-refractivity contribution in [1.29, 1.82) is 0 Å². The number of thioether (sulfide) groups is 1. The summed E-state index contributed by atoms with van der Waals surface area (Å²) in [7, 11) is 0. The number of amides is 2. The number of ether oxygens (including phenoxy) is 2. The fourth-order valence-corrected chi connectivity index (χ4v) is 2.83. The van der Waals surface area contributed by atoms with Crippen LogP contribution in [-0.4, -0.2) is 51.7 Å². The van der Waals surface area contributed by atoms with E-state index in [-0.39, 0.29) is 12.4 Å².